The van der Waals surface area contributed by atoms with E-state index in [1.54, 1.807) is 0 Å². The number of hydrogen-bond acceptors (Lipinski definition) is 2. The van der Waals surface area contributed by atoms with Crippen molar-refractivity contribution in [2.75, 3.05) is 13.1 Å². The molecule has 1 fully saturated rings. The third kappa shape index (κ3) is 5.29. The van der Waals surface area contributed by atoms with Gasteiger partial charge in [-0.1, -0.05) is 84.4 Å². The van der Waals surface area contributed by atoms with Crippen LogP contribution in [0, 0.1) is 5.92 Å². The van der Waals surface area contributed by atoms with E-state index in [0.717, 1.165) is 48.6 Å². The maximum Gasteiger partial charge on any atom is 0.223 e. The van der Waals surface area contributed by atoms with Gasteiger partial charge < -0.3 is 5.32 Å². The van der Waals surface area contributed by atoms with Crippen molar-refractivity contribution < 1.29 is 4.79 Å². The maximum atomic E-state index is 13.1. The van der Waals surface area contributed by atoms with Gasteiger partial charge in [-0.2, -0.15) is 0 Å². The summed E-state index contributed by atoms with van der Waals surface area (Å²) in [6, 6.07) is 28.3. The lowest BCUT2D eigenvalue weighted by Gasteiger charge is -2.32. The Labute approximate surface area is 183 Å². The fourth-order valence-electron chi connectivity index (χ4n) is 4.16. The second kappa shape index (κ2) is 9.92. The normalized spacial score (nSPS) is 15.3. The van der Waals surface area contributed by atoms with Gasteiger partial charge in [0.25, 0.3) is 0 Å². The molecule has 1 heterocycles. The van der Waals surface area contributed by atoms with Crippen molar-refractivity contribution in [2.45, 2.75) is 25.4 Å². The zero-order chi connectivity index (χ0) is 20.8. The van der Waals surface area contributed by atoms with Gasteiger partial charge in [0.05, 0.1) is 6.04 Å². The highest BCUT2D eigenvalue weighted by atomic mass is 35.5. The monoisotopic (exact) mass is 418 g/mol. The molecule has 1 aliphatic heterocycles. The van der Waals surface area contributed by atoms with Crippen LogP contribution < -0.4 is 5.32 Å². The lowest BCUT2D eigenvalue weighted by molar-refractivity contribution is -0.127. The molecule has 1 N–H and O–H groups in total. The molecule has 1 saturated heterocycles. The van der Waals surface area contributed by atoms with E-state index in [-0.39, 0.29) is 17.9 Å². The fraction of sp³-hybridized carbons (Fsp3) is 0.269. The van der Waals surface area contributed by atoms with Crippen LogP contribution in [0.3, 0.4) is 0 Å². The minimum absolute atomic E-state index is 0.0514. The van der Waals surface area contributed by atoms with Crippen LogP contribution in [0.15, 0.2) is 84.9 Å². The van der Waals surface area contributed by atoms with Gasteiger partial charge in [0.15, 0.2) is 0 Å². The lowest BCUT2D eigenvalue weighted by Crippen LogP contribution is -2.41. The van der Waals surface area contributed by atoms with Crippen LogP contribution in [0.2, 0.25) is 5.02 Å². The van der Waals surface area contributed by atoms with Crippen LogP contribution in [0.1, 0.15) is 35.6 Å². The fourth-order valence-corrected chi connectivity index (χ4v) is 4.37. The Balaban J connectivity index is 1.38. The number of amides is 1. The minimum atomic E-state index is -0.121. The standard InChI is InChI=1S/C26H27ClN2O/c27-24-13-7-8-20(18-24)19-29-16-14-23(15-17-29)26(30)28-25(21-9-3-1-4-10-21)22-11-5-2-6-12-22/h1-13,18,23,25H,14-17,19H2,(H,28,30). The zero-order valence-electron chi connectivity index (χ0n) is 17.0. The predicted octanol–water partition coefficient (Wildman–Crippen LogP) is 5.46. The zero-order valence-corrected chi connectivity index (χ0v) is 17.8. The minimum Gasteiger partial charge on any atom is -0.345 e. The van der Waals surface area contributed by atoms with Crippen LogP contribution in [0.5, 0.6) is 0 Å². The third-order valence-corrected chi connectivity index (χ3v) is 6.04. The number of hydrogen-bond donors (Lipinski definition) is 1. The molecule has 0 bridgehead atoms. The highest BCUT2D eigenvalue weighted by Gasteiger charge is 2.27. The molecule has 30 heavy (non-hydrogen) atoms. The number of piperidine rings is 1. The van der Waals surface area contributed by atoms with Crippen molar-refractivity contribution >= 4 is 17.5 Å². The summed E-state index contributed by atoms with van der Waals surface area (Å²) in [5.41, 5.74) is 3.43. The van der Waals surface area contributed by atoms with Crippen LogP contribution in [0.25, 0.3) is 0 Å². The molecule has 0 radical (unpaired) electrons. The largest absolute Gasteiger partial charge is 0.345 e. The second-order valence-electron chi connectivity index (χ2n) is 7.94. The summed E-state index contributed by atoms with van der Waals surface area (Å²) >= 11 is 6.11. The smallest absolute Gasteiger partial charge is 0.223 e. The molecule has 3 nitrogen and oxygen atoms in total. The van der Waals surface area contributed by atoms with E-state index in [1.807, 2.05) is 54.6 Å². The van der Waals surface area contributed by atoms with E-state index in [0.29, 0.717) is 0 Å². The molecule has 1 aliphatic rings. The molecule has 0 saturated carbocycles. The Morgan fingerprint density at radius 1 is 0.900 bits per heavy atom. The molecular weight excluding hydrogens is 392 g/mol. The average Bonchev–Trinajstić information content (AvgIpc) is 2.79. The number of rotatable bonds is 6. The molecule has 4 heteroatoms. The van der Waals surface area contributed by atoms with Gasteiger partial charge in [-0.3, -0.25) is 9.69 Å². The SMILES string of the molecule is O=C(NC(c1ccccc1)c1ccccc1)C1CCN(Cc2cccc(Cl)c2)CC1. The van der Waals surface area contributed by atoms with Gasteiger partial charge in [0.2, 0.25) is 5.91 Å². The van der Waals surface area contributed by atoms with Crippen LogP contribution in [0.4, 0.5) is 0 Å². The summed E-state index contributed by atoms with van der Waals surface area (Å²) in [5, 5.41) is 4.09. The Hall–Kier alpha value is -2.62. The van der Waals surface area contributed by atoms with Crippen molar-refractivity contribution in [3.8, 4) is 0 Å². The summed E-state index contributed by atoms with van der Waals surface area (Å²) in [7, 11) is 0. The first-order valence-electron chi connectivity index (χ1n) is 10.6. The Bertz CT molecular complexity index is 914. The molecule has 0 spiro atoms. The average molecular weight is 419 g/mol. The number of carbonyl (C=O) groups is 1. The highest BCUT2D eigenvalue weighted by Crippen LogP contribution is 2.25. The van der Waals surface area contributed by atoms with Gasteiger partial charge in [-0.15, -0.1) is 0 Å². The Morgan fingerprint density at radius 2 is 1.50 bits per heavy atom. The van der Waals surface area contributed by atoms with E-state index in [2.05, 4.69) is 40.5 Å². The predicted molar refractivity (Wildman–Crippen MR) is 122 cm³/mol. The molecule has 0 unspecified atom stereocenters. The molecule has 4 rings (SSSR count). The number of carbonyl (C=O) groups excluding carboxylic acids is 1. The van der Waals surface area contributed by atoms with Crippen molar-refractivity contribution in [2.24, 2.45) is 5.92 Å². The topological polar surface area (TPSA) is 32.3 Å². The molecule has 0 atom stereocenters. The summed E-state index contributed by atoms with van der Waals surface area (Å²) in [4.78, 5) is 15.5. The van der Waals surface area contributed by atoms with Crippen LogP contribution in [-0.2, 0) is 11.3 Å². The van der Waals surface area contributed by atoms with Gasteiger partial charge in [0, 0.05) is 17.5 Å². The molecule has 0 aromatic heterocycles. The number of nitrogens with zero attached hydrogens (tertiary/aromatic N) is 1. The quantitative estimate of drug-likeness (QED) is 0.576. The maximum absolute atomic E-state index is 13.1. The summed E-state index contributed by atoms with van der Waals surface area (Å²) in [6.45, 7) is 2.73. The van der Waals surface area contributed by atoms with E-state index in [4.69, 9.17) is 11.6 Å². The first-order valence-corrected chi connectivity index (χ1v) is 10.9. The summed E-state index contributed by atoms with van der Waals surface area (Å²) < 4.78 is 0. The van der Waals surface area contributed by atoms with Gasteiger partial charge in [-0.25, -0.2) is 0 Å². The van der Waals surface area contributed by atoms with Gasteiger partial charge in [-0.05, 0) is 54.8 Å². The van der Waals surface area contributed by atoms with Crippen LogP contribution in [-0.4, -0.2) is 23.9 Å². The Kier molecular flexibility index (Phi) is 6.83. The summed E-state index contributed by atoms with van der Waals surface area (Å²) in [6.07, 6.45) is 1.76. The first-order chi connectivity index (χ1) is 14.7. The molecule has 3 aromatic rings. The van der Waals surface area contributed by atoms with E-state index >= 15 is 0 Å². The van der Waals surface area contributed by atoms with Crippen LogP contribution >= 0.6 is 11.6 Å². The molecule has 1 amide bonds. The van der Waals surface area contributed by atoms with Gasteiger partial charge >= 0.3 is 0 Å². The van der Waals surface area contributed by atoms with E-state index in [9.17, 15) is 4.79 Å². The number of likely N-dealkylation sites (tertiary alicyclic amines) is 1. The van der Waals surface area contributed by atoms with Crippen molar-refractivity contribution in [1.29, 1.82) is 0 Å². The van der Waals surface area contributed by atoms with Crippen molar-refractivity contribution in [1.82, 2.24) is 10.2 Å². The van der Waals surface area contributed by atoms with E-state index in [1.165, 1.54) is 5.56 Å². The molecular formula is C26H27ClN2O. The summed E-state index contributed by atoms with van der Waals surface area (Å²) in [5.74, 6) is 0.200. The van der Waals surface area contributed by atoms with Gasteiger partial charge in [0.1, 0.15) is 0 Å². The molecule has 0 aliphatic carbocycles. The number of halogens is 1. The van der Waals surface area contributed by atoms with Crippen molar-refractivity contribution in [3.05, 3.63) is 107 Å². The number of benzene rings is 3. The number of nitrogens with one attached hydrogen (secondary N) is 1. The van der Waals surface area contributed by atoms with E-state index < -0.39 is 0 Å². The molecule has 3 aromatic carbocycles. The lowest BCUT2D eigenvalue weighted by atomic mass is 9.93. The first kappa shape index (κ1) is 20.6. The van der Waals surface area contributed by atoms with Crippen molar-refractivity contribution in [3.63, 3.8) is 0 Å². The highest BCUT2D eigenvalue weighted by molar-refractivity contribution is 6.30. The third-order valence-electron chi connectivity index (χ3n) is 5.81. The second-order valence-corrected chi connectivity index (χ2v) is 8.38. The molecule has 154 valence electrons. The Morgan fingerprint density at radius 3 is 2.07 bits per heavy atom.